The van der Waals surface area contributed by atoms with Gasteiger partial charge in [-0.1, -0.05) is 0 Å². The molecule has 1 heterocycles. The lowest BCUT2D eigenvalue weighted by molar-refractivity contribution is -0.384. The number of hydrogen-bond acceptors (Lipinski definition) is 5. The van der Waals surface area contributed by atoms with Gasteiger partial charge in [-0.05, 0) is 18.1 Å². The highest BCUT2D eigenvalue weighted by Gasteiger charge is 2.29. The molecule has 1 unspecified atom stereocenters. The van der Waals surface area contributed by atoms with E-state index in [0.29, 0.717) is 13.0 Å². The zero-order valence-electron chi connectivity index (χ0n) is 10.3. The molecule has 2 rings (SSSR count). The molecule has 1 atom stereocenters. The molecule has 0 aromatic heterocycles. The van der Waals surface area contributed by atoms with E-state index < -0.39 is 4.92 Å². The third-order valence-electron chi connectivity index (χ3n) is 3.18. The van der Waals surface area contributed by atoms with Crippen LogP contribution in [0.1, 0.15) is 5.56 Å². The van der Waals surface area contributed by atoms with Gasteiger partial charge >= 0.3 is 5.97 Å². The van der Waals surface area contributed by atoms with Gasteiger partial charge in [0.25, 0.3) is 5.69 Å². The molecule has 0 aliphatic carbocycles. The normalized spacial score (nSPS) is 18.1. The van der Waals surface area contributed by atoms with Crippen LogP contribution in [0.25, 0.3) is 0 Å². The average molecular weight is 250 g/mol. The summed E-state index contributed by atoms with van der Waals surface area (Å²) in [5.41, 5.74) is 1.79. The molecular formula is C12H14N2O4. The topological polar surface area (TPSA) is 72.7 Å². The fraction of sp³-hybridized carbons (Fsp3) is 0.417. The standard InChI is InChI=1S/C12H14N2O4/c1-13-7-9(12(15)18-2)5-8-6-10(14(16)17)3-4-11(8)13/h3-4,6,9H,5,7H2,1-2H3. The molecule has 1 aromatic carbocycles. The van der Waals surface area contributed by atoms with E-state index in [1.165, 1.54) is 19.2 Å². The number of fused-ring (bicyclic) bond motifs is 1. The van der Waals surface area contributed by atoms with Crippen molar-refractivity contribution in [1.82, 2.24) is 0 Å². The molecular weight excluding hydrogens is 236 g/mol. The summed E-state index contributed by atoms with van der Waals surface area (Å²) >= 11 is 0. The van der Waals surface area contributed by atoms with Crippen LogP contribution >= 0.6 is 0 Å². The maximum Gasteiger partial charge on any atom is 0.310 e. The van der Waals surface area contributed by atoms with Crippen molar-refractivity contribution in [3.63, 3.8) is 0 Å². The van der Waals surface area contributed by atoms with Gasteiger partial charge in [0, 0.05) is 31.4 Å². The summed E-state index contributed by atoms with van der Waals surface area (Å²) < 4.78 is 4.73. The first-order chi connectivity index (χ1) is 8.52. The molecule has 0 saturated carbocycles. The van der Waals surface area contributed by atoms with Crippen LogP contribution < -0.4 is 4.90 Å². The summed E-state index contributed by atoms with van der Waals surface area (Å²) in [6.45, 7) is 0.567. The number of nitro benzene ring substituents is 1. The Hall–Kier alpha value is -2.11. The average Bonchev–Trinajstić information content (AvgIpc) is 2.36. The Morgan fingerprint density at radius 1 is 1.56 bits per heavy atom. The van der Waals surface area contributed by atoms with E-state index in [2.05, 4.69) is 0 Å². The number of ether oxygens (including phenoxy) is 1. The van der Waals surface area contributed by atoms with Crippen molar-refractivity contribution in [2.45, 2.75) is 6.42 Å². The molecule has 0 bridgehead atoms. The van der Waals surface area contributed by atoms with Gasteiger partial charge < -0.3 is 9.64 Å². The van der Waals surface area contributed by atoms with Crippen LogP contribution in [0.4, 0.5) is 11.4 Å². The van der Waals surface area contributed by atoms with Crippen LogP contribution in [0.3, 0.4) is 0 Å². The fourth-order valence-corrected chi connectivity index (χ4v) is 2.30. The molecule has 6 heteroatoms. The summed E-state index contributed by atoms with van der Waals surface area (Å²) in [5.74, 6) is -0.548. The number of anilines is 1. The Bertz CT molecular complexity index is 501. The van der Waals surface area contributed by atoms with Gasteiger partial charge in [0.2, 0.25) is 0 Å². The molecule has 0 spiro atoms. The third kappa shape index (κ3) is 2.13. The molecule has 1 aliphatic heterocycles. The molecule has 0 saturated heterocycles. The van der Waals surface area contributed by atoms with Crippen molar-refractivity contribution >= 4 is 17.3 Å². The van der Waals surface area contributed by atoms with Crippen molar-refractivity contribution in [2.24, 2.45) is 5.92 Å². The largest absolute Gasteiger partial charge is 0.469 e. The Morgan fingerprint density at radius 3 is 2.89 bits per heavy atom. The minimum absolute atomic E-state index is 0.0488. The first-order valence-corrected chi connectivity index (χ1v) is 5.59. The molecule has 1 aliphatic rings. The Kier molecular flexibility index (Phi) is 3.18. The first-order valence-electron chi connectivity index (χ1n) is 5.59. The SMILES string of the molecule is COC(=O)C1Cc2cc([N+](=O)[O-])ccc2N(C)C1. The molecule has 96 valence electrons. The minimum Gasteiger partial charge on any atom is -0.469 e. The maximum absolute atomic E-state index is 11.6. The lowest BCUT2D eigenvalue weighted by Crippen LogP contribution is -2.37. The Morgan fingerprint density at radius 2 is 2.28 bits per heavy atom. The lowest BCUT2D eigenvalue weighted by atomic mass is 9.92. The summed E-state index contributed by atoms with van der Waals surface area (Å²) in [7, 11) is 3.21. The van der Waals surface area contributed by atoms with Gasteiger partial charge in [-0.2, -0.15) is 0 Å². The van der Waals surface area contributed by atoms with E-state index in [1.807, 2.05) is 11.9 Å². The van der Waals surface area contributed by atoms with Crippen molar-refractivity contribution in [3.05, 3.63) is 33.9 Å². The number of methoxy groups -OCH3 is 1. The van der Waals surface area contributed by atoms with Gasteiger partial charge in [0.15, 0.2) is 0 Å². The van der Waals surface area contributed by atoms with Crippen molar-refractivity contribution < 1.29 is 14.5 Å². The second-order valence-corrected chi connectivity index (χ2v) is 4.37. The van der Waals surface area contributed by atoms with Crippen LogP contribution in [-0.2, 0) is 16.0 Å². The quantitative estimate of drug-likeness (QED) is 0.450. The van der Waals surface area contributed by atoms with E-state index in [-0.39, 0.29) is 17.6 Å². The van der Waals surface area contributed by atoms with Crippen LogP contribution in [0.5, 0.6) is 0 Å². The highest BCUT2D eigenvalue weighted by atomic mass is 16.6. The Balaban J connectivity index is 2.35. The second-order valence-electron chi connectivity index (χ2n) is 4.37. The molecule has 0 fully saturated rings. The number of rotatable bonds is 2. The number of hydrogen-bond donors (Lipinski definition) is 0. The van der Waals surface area contributed by atoms with Gasteiger partial charge in [-0.3, -0.25) is 14.9 Å². The predicted octanol–water partition coefficient (Wildman–Crippen LogP) is 1.38. The number of benzene rings is 1. The summed E-state index contributed by atoms with van der Waals surface area (Å²) in [5, 5.41) is 10.7. The smallest absolute Gasteiger partial charge is 0.310 e. The number of esters is 1. The first kappa shape index (κ1) is 12.3. The van der Waals surface area contributed by atoms with E-state index in [9.17, 15) is 14.9 Å². The highest BCUT2D eigenvalue weighted by molar-refractivity contribution is 5.76. The lowest BCUT2D eigenvalue weighted by Gasteiger charge is -2.31. The number of non-ortho nitro benzene ring substituents is 1. The van der Waals surface area contributed by atoms with Crippen LogP contribution in [0.15, 0.2) is 18.2 Å². The van der Waals surface area contributed by atoms with Crippen LogP contribution in [0.2, 0.25) is 0 Å². The minimum atomic E-state index is -0.429. The summed E-state index contributed by atoms with van der Waals surface area (Å²) in [6, 6.07) is 4.73. The number of carbonyl (C=O) groups excluding carboxylic acids is 1. The zero-order chi connectivity index (χ0) is 13.3. The predicted molar refractivity (Wildman–Crippen MR) is 65.6 cm³/mol. The van der Waals surface area contributed by atoms with Gasteiger partial charge in [-0.15, -0.1) is 0 Å². The van der Waals surface area contributed by atoms with Crippen molar-refractivity contribution in [2.75, 3.05) is 25.6 Å². The van der Waals surface area contributed by atoms with Crippen molar-refractivity contribution in [1.29, 1.82) is 0 Å². The Labute approximate surface area is 104 Å². The van der Waals surface area contributed by atoms with E-state index in [1.54, 1.807) is 6.07 Å². The van der Waals surface area contributed by atoms with E-state index in [0.717, 1.165) is 11.3 Å². The number of nitro groups is 1. The van der Waals surface area contributed by atoms with Crippen LogP contribution in [-0.4, -0.2) is 31.6 Å². The van der Waals surface area contributed by atoms with Crippen LogP contribution in [0, 0.1) is 16.0 Å². The van der Waals surface area contributed by atoms with E-state index >= 15 is 0 Å². The van der Waals surface area contributed by atoms with Crippen molar-refractivity contribution in [3.8, 4) is 0 Å². The highest BCUT2D eigenvalue weighted by Crippen LogP contribution is 2.31. The fourth-order valence-electron chi connectivity index (χ4n) is 2.30. The van der Waals surface area contributed by atoms with Gasteiger partial charge in [0.05, 0.1) is 18.0 Å². The van der Waals surface area contributed by atoms with Gasteiger partial charge in [-0.25, -0.2) is 0 Å². The van der Waals surface area contributed by atoms with E-state index in [4.69, 9.17) is 4.74 Å². The number of carbonyl (C=O) groups is 1. The summed E-state index contributed by atoms with van der Waals surface area (Å²) in [4.78, 5) is 23.8. The summed E-state index contributed by atoms with van der Waals surface area (Å²) in [6.07, 6.45) is 0.480. The maximum atomic E-state index is 11.6. The monoisotopic (exact) mass is 250 g/mol. The van der Waals surface area contributed by atoms with Gasteiger partial charge in [0.1, 0.15) is 0 Å². The molecule has 1 aromatic rings. The molecule has 6 nitrogen and oxygen atoms in total. The molecule has 0 amide bonds. The number of nitrogens with zero attached hydrogens (tertiary/aromatic N) is 2. The molecule has 0 radical (unpaired) electrons. The molecule has 0 N–H and O–H groups in total. The second kappa shape index (κ2) is 4.64. The zero-order valence-corrected chi connectivity index (χ0v) is 10.3. The third-order valence-corrected chi connectivity index (χ3v) is 3.18. The molecule has 18 heavy (non-hydrogen) atoms.